The van der Waals surface area contributed by atoms with Crippen LogP contribution in [-0.2, 0) is 9.53 Å². The highest BCUT2D eigenvalue weighted by atomic mass is 16.5. The molecule has 1 aliphatic heterocycles. The van der Waals surface area contributed by atoms with Crippen molar-refractivity contribution >= 4 is 12.0 Å². The minimum atomic E-state index is -0.245. The topological polar surface area (TPSA) is 26.3 Å². The van der Waals surface area contributed by atoms with Crippen molar-refractivity contribution in [3.63, 3.8) is 0 Å². The molecule has 0 radical (unpaired) electrons. The van der Waals surface area contributed by atoms with E-state index < -0.39 is 0 Å². The monoisotopic (exact) mass is 228 g/mol. The molecule has 1 aromatic carbocycles. The van der Waals surface area contributed by atoms with Crippen LogP contribution in [0.3, 0.4) is 0 Å². The van der Waals surface area contributed by atoms with Crippen LogP contribution in [-0.4, -0.2) is 12.1 Å². The third-order valence-electron chi connectivity index (χ3n) is 2.83. The zero-order valence-electron chi connectivity index (χ0n) is 10.1. The highest BCUT2D eigenvalue weighted by Crippen LogP contribution is 2.17. The van der Waals surface area contributed by atoms with Crippen LogP contribution in [0.1, 0.15) is 18.1 Å². The molecule has 0 fully saturated rings. The Kier molecular flexibility index (Phi) is 3.43. The van der Waals surface area contributed by atoms with Gasteiger partial charge in [-0.3, -0.25) is 0 Å². The van der Waals surface area contributed by atoms with E-state index in [1.54, 1.807) is 0 Å². The third kappa shape index (κ3) is 3.06. The largest absolute Gasteiger partial charge is 0.454 e. The van der Waals surface area contributed by atoms with Crippen LogP contribution in [0.25, 0.3) is 6.08 Å². The number of benzene rings is 1. The number of carbonyl (C=O) groups excluding carboxylic acids is 1. The Balaban J connectivity index is 2.01. The van der Waals surface area contributed by atoms with Crippen molar-refractivity contribution in [2.75, 3.05) is 0 Å². The summed E-state index contributed by atoms with van der Waals surface area (Å²) in [5.74, 6) is -0.0518. The van der Waals surface area contributed by atoms with E-state index in [1.807, 2.05) is 19.1 Å². The Morgan fingerprint density at radius 3 is 2.88 bits per heavy atom. The summed E-state index contributed by atoms with van der Waals surface area (Å²) < 4.78 is 5.13. The SMILES string of the molecule is Cc1cccc(/C=C/C(C)C2C=CC(=O)O2)c1. The molecule has 88 valence electrons. The van der Waals surface area contributed by atoms with E-state index in [2.05, 4.69) is 37.3 Å². The van der Waals surface area contributed by atoms with Gasteiger partial charge in [0.05, 0.1) is 0 Å². The van der Waals surface area contributed by atoms with Gasteiger partial charge in [0.1, 0.15) is 6.10 Å². The molecule has 0 amide bonds. The second-order valence-corrected chi connectivity index (χ2v) is 4.39. The Bertz CT molecular complexity index is 472. The van der Waals surface area contributed by atoms with Crippen molar-refractivity contribution in [3.05, 3.63) is 53.6 Å². The summed E-state index contributed by atoms with van der Waals surface area (Å²) >= 11 is 0. The van der Waals surface area contributed by atoms with Gasteiger partial charge in [-0.05, 0) is 18.6 Å². The van der Waals surface area contributed by atoms with Crippen LogP contribution >= 0.6 is 0 Å². The fourth-order valence-corrected chi connectivity index (χ4v) is 1.81. The van der Waals surface area contributed by atoms with Gasteiger partial charge in [-0.2, -0.15) is 0 Å². The standard InChI is InChI=1S/C15H16O2/c1-11-4-3-5-13(10-11)7-6-12(2)14-8-9-15(16)17-14/h3-10,12,14H,1-2H3/b7-6+. The number of hydrogen-bond acceptors (Lipinski definition) is 2. The molecule has 0 spiro atoms. The average molecular weight is 228 g/mol. The average Bonchev–Trinajstić information content (AvgIpc) is 2.73. The molecule has 1 aliphatic rings. The van der Waals surface area contributed by atoms with E-state index in [-0.39, 0.29) is 18.0 Å². The number of ether oxygens (including phenoxy) is 1. The number of carbonyl (C=O) groups is 1. The fourth-order valence-electron chi connectivity index (χ4n) is 1.81. The maximum absolute atomic E-state index is 10.9. The van der Waals surface area contributed by atoms with Gasteiger partial charge in [-0.25, -0.2) is 4.79 Å². The summed E-state index contributed by atoms with van der Waals surface area (Å²) in [6.07, 6.45) is 7.32. The van der Waals surface area contributed by atoms with Gasteiger partial charge in [0, 0.05) is 12.0 Å². The minimum Gasteiger partial charge on any atom is -0.454 e. The number of hydrogen-bond donors (Lipinski definition) is 0. The van der Waals surface area contributed by atoms with E-state index in [9.17, 15) is 4.79 Å². The second kappa shape index (κ2) is 5.00. The molecule has 0 N–H and O–H groups in total. The lowest BCUT2D eigenvalue weighted by Gasteiger charge is -2.13. The van der Waals surface area contributed by atoms with Crippen LogP contribution < -0.4 is 0 Å². The molecule has 0 saturated carbocycles. The van der Waals surface area contributed by atoms with Crippen LogP contribution in [0.15, 0.2) is 42.5 Å². The van der Waals surface area contributed by atoms with E-state index in [4.69, 9.17) is 4.74 Å². The first-order chi connectivity index (χ1) is 8.15. The summed E-state index contributed by atoms with van der Waals surface area (Å²) in [6, 6.07) is 8.30. The Hall–Kier alpha value is -1.83. The van der Waals surface area contributed by atoms with Crippen molar-refractivity contribution in [2.45, 2.75) is 20.0 Å². The summed E-state index contributed by atoms with van der Waals surface area (Å²) in [5.41, 5.74) is 2.41. The number of aryl methyl sites for hydroxylation is 1. The second-order valence-electron chi connectivity index (χ2n) is 4.39. The number of esters is 1. The van der Waals surface area contributed by atoms with Crippen molar-refractivity contribution in [3.8, 4) is 0 Å². The normalized spacial score (nSPS) is 20.8. The lowest BCUT2D eigenvalue weighted by molar-refractivity contribution is -0.139. The van der Waals surface area contributed by atoms with Crippen molar-refractivity contribution < 1.29 is 9.53 Å². The molecule has 0 aromatic heterocycles. The molecule has 2 rings (SSSR count). The van der Waals surface area contributed by atoms with Crippen molar-refractivity contribution in [2.24, 2.45) is 5.92 Å². The Morgan fingerprint density at radius 2 is 2.24 bits per heavy atom. The summed E-state index contributed by atoms with van der Waals surface area (Å²) in [6.45, 7) is 4.11. The summed E-state index contributed by atoms with van der Waals surface area (Å²) in [5, 5.41) is 0. The number of rotatable bonds is 3. The van der Waals surface area contributed by atoms with Gasteiger partial charge in [0.2, 0.25) is 0 Å². The zero-order valence-corrected chi connectivity index (χ0v) is 10.1. The lowest BCUT2D eigenvalue weighted by atomic mass is 10.0. The summed E-state index contributed by atoms with van der Waals surface area (Å²) in [4.78, 5) is 10.9. The van der Waals surface area contributed by atoms with Crippen LogP contribution in [0.5, 0.6) is 0 Å². The quantitative estimate of drug-likeness (QED) is 0.743. The first-order valence-electron chi connectivity index (χ1n) is 5.79. The van der Waals surface area contributed by atoms with Gasteiger partial charge in [0.25, 0.3) is 0 Å². The van der Waals surface area contributed by atoms with Crippen molar-refractivity contribution in [1.29, 1.82) is 0 Å². The Morgan fingerprint density at radius 1 is 1.41 bits per heavy atom. The Labute approximate surface area is 102 Å². The number of cyclic esters (lactones) is 1. The molecular weight excluding hydrogens is 212 g/mol. The molecule has 2 heteroatoms. The molecule has 0 aliphatic carbocycles. The molecule has 1 heterocycles. The van der Waals surface area contributed by atoms with Crippen LogP contribution in [0, 0.1) is 12.8 Å². The van der Waals surface area contributed by atoms with E-state index in [0.717, 1.165) is 0 Å². The molecular formula is C15H16O2. The van der Waals surface area contributed by atoms with E-state index in [0.29, 0.717) is 0 Å². The van der Waals surface area contributed by atoms with Crippen molar-refractivity contribution in [1.82, 2.24) is 0 Å². The predicted molar refractivity (Wildman–Crippen MR) is 68.4 cm³/mol. The van der Waals surface area contributed by atoms with Crippen LogP contribution in [0.2, 0.25) is 0 Å². The first-order valence-corrected chi connectivity index (χ1v) is 5.79. The van der Waals surface area contributed by atoms with E-state index >= 15 is 0 Å². The predicted octanol–water partition coefficient (Wildman–Crippen LogP) is 3.13. The van der Waals surface area contributed by atoms with Gasteiger partial charge in [0.15, 0.2) is 0 Å². The third-order valence-corrected chi connectivity index (χ3v) is 2.83. The highest BCUT2D eigenvalue weighted by Gasteiger charge is 2.20. The van der Waals surface area contributed by atoms with E-state index in [1.165, 1.54) is 17.2 Å². The van der Waals surface area contributed by atoms with Gasteiger partial charge in [-0.15, -0.1) is 0 Å². The van der Waals surface area contributed by atoms with Gasteiger partial charge < -0.3 is 4.74 Å². The molecule has 2 atom stereocenters. The molecule has 1 aromatic rings. The van der Waals surface area contributed by atoms with Crippen LogP contribution in [0.4, 0.5) is 0 Å². The summed E-state index contributed by atoms with van der Waals surface area (Å²) in [7, 11) is 0. The maximum Gasteiger partial charge on any atom is 0.331 e. The smallest absolute Gasteiger partial charge is 0.331 e. The minimum absolute atomic E-state index is 0.122. The van der Waals surface area contributed by atoms with Gasteiger partial charge >= 0.3 is 5.97 Å². The molecule has 17 heavy (non-hydrogen) atoms. The maximum atomic E-state index is 10.9. The molecule has 2 unspecified atom stereocenters. The molecule has 2 nitrogen and oxygen atoms in total. The molecule has 0 bridgehead atoms. The van der Waals surface area contributed by atoms with Gasteiger partial charge in [-0.1, -0.05) is 48.9 Å². The highest BCUT2D eigenvalue weighted by molar-refractivity contribution is 5.84. The molecule has 0 saturated heterocycles. The fraction of sp³-hybridized carbons (Fsp3) is 0.267. The lowest BCUT2D eigenvalue weighted by Crippen LogP contribution is -2.15. The zero-order chi connectivity index (χ0) is 12.3. The first kappa shape index (κ1) is 11.6.